The van der Waals surface area contributed by atoms with Gasteiger partial charge in [-0.25, -0.2) is 0 Å². The highest BCUT2D eigenvalue weighted by Crippen LogP contribution is 2.12. The number of amides is 3. The Morgan fingerprint density at radius 1 is 0.818 bits per heavy atom. The van der Waals surface area contributed by atoms with Crippen molar-refractivity contribution in [1.82, 2.24) is 14.7 Å². The van der Waals surface area contributed by atoms with Gasteiger partial charge in [-0.05, 0) is 12.3 Å². The molecule has 22 heavy (non-hydrogen) atoms. The number of hydrogen-bond donors (Lipinski definition) is 1. The maximum Gasteiger partial charge on any atom is 0.219 e. The summed E-state index contributed by atoms with van der Waals surface area (Å²) in [4.78, 5) is 38.9. The molecule has 0 aromatic carbocycles. The summed E-state index contributed by atoms with van der Waals surface area (Å²) in [5.74, 6) is -0.0716. The van der Waals surface area contributed by atoms with Crippen molar-refractivity contribution in [3.05, 3.63) is 0 Å². The van der Waals surface area contributed by atoms with Gasteiger partial charge in [0.2, 0.25) is 17.7 Å². The summed E-state index contributed by atoms with van der Waals surface area (Å²) in [7, 11) is 5.17. The lowest BCUT2D eigenvalue weighted by atomic mass is 9.95. The van der Waals surface area contributed by atoms with Gasteiger partial charge in [0.05, 0.1) is 0 Å². The molecule has 7 heteroatoms. The van der Waals surface area contributed by atoms with Crippen molar-refractivity contribution < 1.29 is 14.4 Å². The van der Waals surface area contributed by atoms with Crippen LogP contribution in [-0.2, 0) is 14.4 Å². The number of carbonyl (C=O) groups excluding carboxylic acids is 3. The van der Waals surface area contributed by atoms with Crippen LogP contribution in [0.15, 0.2) is 0 Å². The molecule has 0 radical (unpaired) electrons. The molecule has 0 bridgehead atoms. The van der Waals surface area contributed by atoms with Gasteiger partial charge in [0.1, 0.15) is 0 Å². The van der Waals surface area contributed by atoms with Crippen molar-refractivity contribution >= 4 is 17.7 Å². The average Bonchev–Trinajstić information content (AvgIpc) is 2.41. The van der Waals surface area contributed by atoms with E-state index in [-0.39, 0.29) is 29.7 Å². The highest BCUT2D eigenvalue weighted by atomic mass is 16.2. The Morgan fingerprint density at radius 2 is 1.23 bits per heavy atom. The predicted molar refractivity (Wildman–Crippen MR) is 86.0 cm³/mol. The lowest BCUT2D eigenvalue weighted by Gasteiger charge is -2.31. The van der Waals surface area contributed by atoms with Gasteiger partial charge in [-0.3, -0.25) is 14.4 Å². The summed E-state index contributed by atoms with van der Waals surface area (Å²) < 4.78 is 0. The van der Waals surface area contributed by atoms with Crippen LogP contribution in [0, 0.1) is 5.92 Å². The number of nitrogens with zero attached hydrogens (tertiary/aromatic N) is 3. The van der Waals surface area contributed by atoms with Crippen molar-refractivity contribution in [2.24, 2.45) is 11.7 Å². The van der Waals surface area contributed by atoms with Crippen molar-refractivity contribution in [2.45, 2.75) is 33.2 Å². The fraction of sp³-hybridized carbons (Fsp3) is 0.800. The third-order valence-corrected chi connectivity index (χ3v) is 4.05. The lowest BCUT2D eigenvalue weighted by molar-refractivity contribution is -0.130. The van der Waals surface area contributed by atoms with Crippen molar-refractivity contribution in [2.75, 3.05) is 40.8 Å². The number of nitrogens with two attached hydrogens (primary N) is 1. The number of carbonyl (C=O) groups is 3. The molecule has 128 valence electrons. The Bertz CT molecular complexity index is 400. The van der Waals surface area contributed by atoms with E-state index in [0.717, 1.165) is 0 Å². The second kappa shape index (κ2) is 9.40. The van der Waals surface area contributed by atoms with Crippen LogP contribution < -0.4 is 5.73 Å². The van der Waals surface area contributed by atoms with Crippen molar-refractivity contribution in [3.8, 4) is 0 Å². The average molecular weight is 314 g/mol. The molecule has 0 saturated heterocycles. The molecule has 2 atom stereocenters. The van der Waals surface area contributed by atoms with Crippen LogP contribution in [0.25, 0.3) is 0 Å². The van der Waals surface area contributed by atoms with E-state index in [2.05, 4.69) is 0 Å². The summed E-state index contributed by atoms with van der Waals surface area (Å²) in [5, 5.41) is 0. The quantitative estimate of drug-likeness (QED) is 0.669. The molecule has 7 nitrogen and oxygen atoms in total. The molecule has 2 unspecified atom stereocenters. The van der Waals surface area contributed by atoms with Gasteiger partial charge in [-0.15, -0.1) is 0 Å². The maximum atomic E-state index is 11.4. The first kappa shape index (κ1) is 20.4. The number of rotatable bonds is 8. The van der Waals surface area contributed by atoms with Crippen LogP contribution in [0.5, 0.6) is 0 Å². The molecule has 0 rings (SSSR count). The second-order valence-electron chi connectivity index (χ2n) is 5.95. The Balaban J connectivity index is 4.79. The van der Waals surface area contributed by atoms with Gasteiger partial charge in [0.25, 0.3) is 0 Å². The van der Waals surface area contributed by atoms with Crippen LogP contribution >= 0.6 is 0 Å². The molecular weight excluding hydrogens is 284 g/mol. The first-order valence-electron chi connectivity index (χ1n) is 7.46. The smallest absolute Gasteiger partial charge is 0.219 e. The van der Waals surface area contributed by atoms with Gasteiger partial charge in [-0.2, -0.15) is 0 Å². The predicted octanol–water partition coefficient (Wildman–Crippen LogP) is -0.245. The van der Waals surface area contributed by atoms with E-state index in [1.165, 1.54) is 20.8 Å². The van der Waals surface area contributed by atoms with Gasteiger partial charge in [0.15, 0.2) is 0 Å². The summed E-state index contributed by atoms with van der Waals surface area (Å²) in [5.41, 5.74) is 6.23. The molecule has 0 aliphatic heterocycles. The summed E-state index contributed by atoms with van der Waals surface area (Å²) >= 11 is 0. The van der Waals surface area contributed by atoms with E-state index >= 15 is 0 Å². The molecule has 0 aromatic heterocycles. The maximum absolute atomic E-state index is 11.4. The van der Waals surface area contributed by atoms with Crippen LogP contribution in [0.2, 0.25) is 0 Å². The Morgan fingerprint density at radius 3 is 1.64 bits per heavy atom. The SMILES string of the molecule is CC(=O)N(C)CCC(CN(C)C(C)=O)C(N)CN(C)C(C)=O. The zero-order valence-corrected chi connectivity index (χ0v) is 14.6. The minimum Gasteiger partial charge on any atom is -0.346 e. The zero-order chi connectivity index (χ0) is 17.4. The van der Waals surface area contributed by atoms with Gasteiger partial charge < -0.3 is 20.4 Å². The Hall–Kier alpha value is -1.63. The summed E-state index contributed by atoms with van der Waals surface area (Å²) in [6, 6.07) is -0.254. The van der Waals surface area contributed by atoms with E-state index in [1.807, 2.05) is 0 Å². The van der Waals surface area contributed by atoms with Gasteiger partial charge >= 0.3 is 0 Å². The molecule has 3 amide bonds. The monoisotopic (exact) mass is 314 g/mol. The molecule has 0 aliphatic carbocycles. The van der Waals surface area contributed by atoms with Gasteiger partial charge in [0, 0.05) is 67.6 Å². The molecular formula is C15H30N4O3. The standard InChI is InChI=1S/C15H30N4O3/c1-11(20)17(4)8-7-14(9-18(5)12(2)21)15(16)10-19(6)13(3)22/h14-15H,7-10,16H2,1-6H3. The van der Waals surface area contributed by atoms with E-state index in [1.54, 1.807) is 35.8 Å². The van der Waals surface area contributed by atoms with Crippen LogP contribution in [-0.4, -0.2) is 79.2 Å². The fourth-order valence-corrected chi connectivity index (χ4v) is 2.03. The molecule has 0 fully saturated rings. The minimum absolute atomic E-state index is 0.00639. The highest BCUT2D eigenvalue weighted by molar-refractivity contribution is 5.73. The molecule has 0 spiro atoms. The topological polar surface area (TPSA) is 86.9 Å². The minimum atomic E-state index is -0.254. The van der Waals surface area contributed by atoms with Crippen LogP contribution in [0.1, 0.15) is 27.2 Å². The molecule has 0 aromatic rings. The molecule has 0 aliphatic rings. The largest absolute Gasteiger partial charge is 0.346 e. The summed E-state index contributed by atoms with van der Waals surface area (Å²) in [6.07, 6.45) is 0.681. The Labute approximate surface area is 133 Å². The number of likely N-dealkylation sites (N-methyl/N-ethyl adjacent to an activating group) is 1. The normalized spacial score (nSPS) is 13.2. The van der Waals surface area contributed by atoms with Crippen molar-refractivity contribution in [1.29, 1.82) is 0 Å². The highest BCUT2D eigenvalue weighted by Gasteiger charge is 2.23. The zero-order valence-electron chi connectivity index (χ0n) is 14.6. The van der Waals surface area contributed by atoms with E-state index in [9.17, 15) is 14.4 Å². The fourth-order valence-electron chi connectivity index (χ4n) is 2.03. The molecule has 0 heterocycles. The van der Waals surface area contributed by atoms with Crippen LogP contribution in [0.3, 0.4) is 0 Å². The van der Waals surface area contributed by atoms with E-state index < -0.39 is 0 Å². The third kappa shape index (κ3) is 7.40. The molecule has 0 saturated carbocycles. The summed E-state index contributed by atoms with van der Waals surface area (Å²) in [6.45, 7) is 6.02. The van der Waals surface area contributed by atoms with E-state index in [0.29, 0.717) is 26.1 Å². The first-order chi connectivity index (χ1) is 10.1. The lowest BCUT2D eigenvalue weighted by Crippen LogP contribution is -2.47. The third-order valence-electron chi connectivity index (χ3n) is 4.05. The van der Waals surface area contributed by atoms with E-state index in [4.69, 9.17) is 5.73 Å². The van der Waals surface area contributed by atoms with Gasteiger partial charge in [-0.1, -0.05) is 0 Å². The first-order valence-corrected chi connectivity index (χ1v) is 7.46. The second-order valence-corrected chi connectivity index (χ2v) is 5.95. The van der Waals surface area contributed by atoms with Crippen LogP contribution in [0.4, 0.5) is 0 Å². The van der Waals surface area contributed by atoms with Crippen molar-refractivity contribution in [3.63, 3.8) is 0 Å². The Kier molecular flexibility index (Phi) is 8.70. The number of hydrogen-bond acceptors (Lipinski definition) is 4. The molecule has 2 N–H and O–H groups in total.